The van der Waals surface area contributed by atoms with Gasteiger partial charge in [-0.3, -0.25) is 0 Å². The van der Waals surface area contributed by atoms with Crippen molar-refractivity contribution in [2.24, 2.45) is 0 Å². The van der Waals surface area contributed by atoms with Crippen molar-refractivity contribution in [1.82, 2.24) is 0 Å². The molecule has 2 aromatic rings. The summed E-state index contributed by atoms with van der Waals surface area (Å²) in [7, 11) is 0. The summed E-state index contributed by atoms with van der Waals surface area (Å²) < 4.78 is 10.7. The molecule has 1 atom stereocenters. The minimum atomic E-state index is -1.15. The van der Waals surface area contributed by atoms with Gasteiger partial charge < -0.3 is 14.3 Å². The van der Waals surface area contributed by atoms with E-state index in [-0.39, 0.29) is 5.76 Å². The minimum absolute atomic E-state index is 0.165. The smallest absolute Gasteiger partial charge is 0.371 e. The zero-order valence-corrected chi connectivity index (χ0v) is 11.2. The predicted octanol–water partition coefficient (Wildman–Crippen LogP) is 3.64. The summed E-state index contributed by atoms with van der Waals surface area (Å²) in [6.07, 6.45) is -0.548. The van der Waals surface area contributed by atoms with Crippen LogP contribution in [0, 0.1) is 11.3 Å². The monoisotopic (exact) mass is 291 g/mol. The molecule has 0 spiro atoms. The predicted molar refractivity (Wildman–Crippen MR) is 70.9 cm³/mol. The van der Waals surface area contributed by atoms with Crippen LogP contribution in [-0.2, 0) is 0 Å². The summed E-state index contributed by atoms with van der Waals surface area (Å²) in [5.74, 6) is -0.641. The molecule has 0 radical (unpaired) electrons. The van der Waals surface area contributed by atoms with Crippen LogP contribution in [0.5, 0.6) is 5.75 Å². The molecule has 0 aliphatic carbocycles. The van der Waals surface area contributed by atoms with Gasteiger partial charge in [-0.05, 0) is 31.2 Å². The third kappa shape index (κ3) is 2.92. The lowest BCUT2D eigenvalue weighted by atomic mass is 10.2. The maximum atomic E-state index is 10.7. The number of rotatable bonds is 4. The molecule has 102 valence electrons. The van der Waals surface area contributed by atoms with Crippen molar-refractivity contribution in [3.05, 3.63) is 52.4 Å². The van der Waals surface area contributed by atoms with Crippen LogP contribution in [0.4, 0.5) is 0 Å². The first-order valence-electron chi connectivity index (χ1n) is 5.70. The molecule has 2 rings (SSSR count). The molecule has 0 saturated heterocycles. The van der Waals surface area contributed by atoms with Gasteiger partial charge in [0, 0.05) is 11.1 Å². The second-order valence-corrected chi connectivity index (χ2v) is 4.46. The van der Waals surface area contributed by atoms with Gasteiger partial charge in [-0.15, -0.1) is 0 Å². The molecule has 0 saturated carbocycles. The highest BCUT2D eigenvalue weighted by Gasteiger charge is 2.17. The number of halogens is 1. The fourth-order valence-corrected chi connectivity index (χ4v) is 1.78. The maximum absolute atomic E-state index is 10.7. The van der Waals surface area contributed by atoms with E-state index in [0.29, 0.717) is 22.1 Å². The van der Waals surface area contributed by atoms with E-state index in [2.05, 4.69) is 0 Å². The minimum Gasteiger partial charge on any atom is -0.481 e. The van der Waals surface area contributed by atoms with Crippen LogP contribution in [0.25, 0.3) is 0 Å². The Morgan fingerprint density at radius 3 is 2.80 bits per heavy atom. The molecule has 0 aliphatic rings. The van der Waals surface area contributed by atoms with Gasteiger partial charge in [0.05, 0.1) is 5.56 Å². The van der Waals surface area contributed by atoms with Crippen LogP contribution in [0.15, 0.2) is 34.7 Å². The van der Waals surface area contributed by atoms with E-state index in [4.69, 9.17) is 31.1 Å². The molecule has 20 heavy (non-hydrogen) atoms. The lowest BCUT2D eigenvalue weighted by Crippen LogP contribution is -2.03. The Morgan fingerprint density at radius 2 is 2.20 bits per heavy atom. The van der Waals surface area contributed by atoms with Crippen LogP contribution in [-0.4, -0.2) is 11.1 Å². The quantitative estimate of drug-likeness (QED) is 0.929. The fraction of sp³-hybridized carbons (Fsp3) is 0.143. The highest BCUT2D eigenvalue weighted by Crippen LogP contribution is 2.28. The van der Waals surface area contributed by atoms with Crippen molar-refractivity contribution in [2.45, 2.75) is 13.0 Å². The topological polar surface area (TPSA) is 83.5 Å². The van der Waals surface area contributed by atoms with E-state index in [1.807, 2.05) is 6.07 Å². The van der Waals surface area contributed by atoms with Crippen LogP contribution < -0.4 is 4.74 Å². The number of carboxylic acids is 1. The van der Waals surface area contributed by atoms with Crippen LogP contribution in [0.2, 0.25) is 5.02 Å². The van der Waals surface area contributed by atoms with Gasteiger partial charge >= 0.3 is 5.97 Å². The summed E-state index contributed by atoms with van der Waals surface area (Å²) in [5, 5.41) is 18.2. The summed E-state index contributed by atoms with van der Waals surface area (Å²) in [5.41, 5.74) is 0.339. The number of benzene rings is 1. The second kappa shape index (κ2) is 5.68. The zero-order chi connectivity index (χ0) is 14.7. The van der Waals surface area contributed by atoms with Gasteiger partial charge in [0.1, 0.15) is 17.6 Å². The maximum Gasteiger partial charge on any atom is 0.371 e. The SMILES string of the molecule is CC(Oc1cc(Cl)ccc1C#N)c1ccc(C(=O)O)o1. The second-order valence-electron chi connectivity index (χ2n) is 4.02. The van der Waals surface area contributed by atoms with Crippen molar-refractivity contribution in [1.29, 1.82) is 5.26 Å². The van der Waals surface area contributed by atoms with Gasteiger partial charge in [-0.25, -0.2) is 4.79 Å². The summed E-state index contributed by atoms with van der Waals surface area (Å²) in [6, 6.07) is 9.53. The lowest BCUT2D eigenvalue weighted by molar-refractivity contribution is 0.0655. The average molecular weight is 292 g/mol. The molecule has 0 fully saturated rings. The Bertz CT molecular complexity index is 687. The number of nitriles is 1. The number of hydrogen-bond donors (Lipinski definition) is 1. The Balaban J connectivity index is 2.23. The highest BCUT2D eigenvalue weighted by atomic mass is 35.5. The number of aromatic carboxylic acids is 1. The van der Waals surface area contributed by atoms with Crippen LogP contribution in [0.3, 0.4) is 0 Å². The van der Waals surface area contributed by atoms with Gasteiger partial charge in [0.2, 0.25) is 5.76 Å². The molecule has 1 heterocycles. The van der Waals surface area contributed by atoms with Crippen molar-refractivity contribution >= 4 is 17.6 Å². The van der Waals surface area contributed by atoms with E-state index < -0.39 is 12.1 Å². The van der Waals surface area contributed by atoms with Gasteiger partial charge in [-0.2, -0.15) is 5.26 Å². The van der Waals surface area contributed by atoms with Crippen LogP contribution >= 0.6 is 11.6 Å². The molecular formula is C14H10ClNO4. The molecule has 6 heteroatoms. The first kappa shape index (κ1) is 14.0. The van der Waals surface area contributed by atoms with Gasteiger partial charge in [0.15, 0.2) is 6.10 Å². The Kier molecular flexibility index (Phi) is 3.97. The van der Waals surface area contributed by atoms with Crippen molar-refractivity contribution < 1.29 is 19.1 Å². The van der Waals surface area contributed by atoms with E-state index >= 15 is 0 Å². The van der Waals surface area contributed by atoms with Gasteiger partial charge in [-0.1, -0.05) is 11.6 Å². The fourth-order valence-electron chi connectivity index (χ4n) is 1.62. The first-order valence-corrected chi connectivity index (χ1v) is 6.08. The molecule has 0 aliphatic heterocycles. The summed E-state index contributed by atoms with van der Waals surface area (Å²) in [4.78, 5) is 10.7. The average Bonchev–Trinajstić information content (AvgIpc) is 2.89. The molecule has 1 N–H and O–H groups in total. The third-order valence-corrected chi connectivity index (χ3v) is 2.84. The standard InChI is InChI=1S/C14H10ClNO4/c1-8(11-4-5-12(20-11)14(17)18)19-13-6-10(15)3-2-9(13)7-16/h2-6,8H,1H3,(H,17,18). The largest absolute Gasteiger partial charge is 0.481 e. The van der Waals surface area contributed by atoms with Gasteiger partial charge in [0.25, 0.3) is 0 Å². The third-order valence-electron chi connectivity index (χ3n) is 2.61. The number of carbonyl (C=O) groups is 1. The lowest BCUT2D eigenvalue weighted by Gasteiger charge is -2.13. The summed E-state index contributed by atoms with van der Waals surface area (Å²) >= 11 is 5.86. The molecule has 0 amide bonds. The number of furan rings is 1. The molecule has 0 bridgehead atoms. The summed E-state index contributed by atoms with van der Waals surface area (Å²) in [6.45, 7) is 1.69. The Hall–Kier alpha value is -2.45. The van der Waals surface area contributed by atoms with Crippen molar-refractivity contribution in [3.63, 3.8) is 0 Å². The van der Waals surface area contributed by atoms with Crippen LogP contribution in [0.1, 0.15) is 34.9 Å². The Labute approximate surface area is 120 Å². The number of ether oxygens (including phenoxy) is 1. The Morgan fingerprint density at radius 1 is 1.45 bits per heavy atom. The molecule has 5 nitrogen and oxygen atoms in total. The number of nitrogens with zero attached hydrogens (tertiary/aromatic N) is 1. The van der Waals surface area contributed by atoms with E-state index in [9.17, 15) is 4.79 Å². The van der Waals surface area contributed by atoms with E-state index in [1.54, 1.807) is 19.1 Å². The first-order chi connectivity index (χ1) is 9.51. The molecular weight excluding hydrogens is 282 g/mol. The van der Waals surface area contributed by atoms with Crippen molar-refractivity contribution in [3.8, 4) is 11.8 Å². The molecule has 1 aromatic carbocycles. The number of hydrogen-bond acceptors (Lipinski definition) is 4. The van der Waals surface area contributed by atoms with E-state index in [0.717, 1.165) is 0 Å². The van der Waals surface area contributed by atoms with E-state index in [1.165, 1.54) is 18.2 Å². The number of carboxylic acid groups (broad SMARTS) is 1. The molecule has 1 aromatic heterocycles. The molecule has 1 unspecified atom stereocenters. The highest BCUT2D eigenvalue weighted by molar-refractivity contribution is 6.30. The zero-order valence-electron chi connectivity index (χ0n) is 10.5. The van der Waals surface area contributed by atoms with Crippen molar-refractivity contribution in [2.75, 3.05) is 0 Å². The normalized spacial score (nSPS) is 11.7.